The first-order chi connectivity index (χ1) is 7.76. The monoisotopic (exact) mass is 387 g/mol. The number of nitrogens with zero attached hydrogens (tertiary/aromatic N) is 1. The van der Waals surface area contributed by atoms with Crippen molar-refractivity contribution in [3.8, 4) is 5.75 Å². The van der Waals surface area contributed by atoms with Crippen LogP contribution in [-0.4, -0.2) is 11.3 Å². The summed E-state index contributed by atoms with van der Waals surface area (Å²) in [5, 5.41) is 0. The molecular weight excluding hydrogens is 383 g/mol. The van der Waals surface area contributed by atoms with E-state index in [1.54, 1.807) is 0 Å². The highest BCUT2D eigenvalue weighted by molar-refractivity contribution is 14.1. The number of alkyl halides is 6. The van der Waals surface area contributed by atoms with E-state index in [4.69, 9.17) is 11.6 Å². The number of hydrogen-bond acceptors (Lipinski definition) is 2. The Morgan fingerprint density at radius 3 is 2.41 bits per heavy atom. The normalized spacial score (nSPS) is 12.0. The van der Waals surface area contributed by atoms with E-state index >= 15 is 0 Å². The van der Waals surface area contributed by atoms with Crippen LogP contribution in [0, 0.1) is 3.57 Å². The number of ether oxygens (including phenoxy) is 1. The van der Waals surface area contributed by atoms with E-state index in [1.807, 2.05) is 0 Å². The van der Waals surface area contributed by atoms with Gasteiger partial charge in [0, 0.05) is 6.20 Å². The van der Waals surface area contributed by atoms with Crippen LogP contribution in [0.15, 0.2) is 6.20 Å². The summed E-state index contributed by atoms with van der Waals surface area (Å²) >= 11 is 6.71. The first-order valence-corrected chi connectivity index (χ1v) is 5.64. The summed E-state index contributed by atoms with van der Waals surface area (Å²) in [6.45, 7) is 0. The van der Waals surface area contributed by atoms with Crippen LogP contribution in [0.1, 0.15) is 17.7 Å². The Kier molecular flexibility index (Phi) is 4.76. The molecule has 1 rings (SSSR count). The second kappa shape index (κ2) is 5.51. The first-order valence-electron chi connectivity index (χ1n) is 4.03. The number of rotatable bonds is 3. The molecule has 0 bridgehead atoms. The van der Waals surface area contributed by atoms with Crippen molar-refractivity contribution in [1.82, 2.24) is 4.98 Å². The Morgan fingerprint density at radius 1 is 1.41 bits per heavy atom. The molecule has 1 aromatic heterocycles. The zero-order valence-corrected chi connectivity index (χ0v) is 10.8. The molecule has 0 aliphatic rings. The lowest BCUT2D eigenvalue weighted by Gasteiger charge is -2.15. The molecule has 9 heteroatoms. The molecule has 0 aliphatic carbocycles. The van der Waals surface area contributed by atoms with E-state index < -0.39 is 24.1 Å². The van der Waals surface area contributed by atoms with Gasteiger partial charge in [0.05, 0.1) is 20.7 Å². The molecule has 0 amide bonds. The second-order valence-electron chi connectivity index (χ2n) is 2.79. The van der Waals surface area contributed by atoms with Crippen LogP contribution in [0.25, 0.3) is 0 Å². The summed E-state index contributed by atoms with van der Waals surface area (Å²) in [5.41, 5.74) is -0.864. The molecule has 2 nitrogen and oxygen atoms in total. The summed E-state index contributed by atoms with van der Waals surface area (Å²) in [4.78, 5) is 3.42. The fourth-order valence-electron chi connectivity index (χ4n) is 0.987. The van der Waals surface area contributed by atoms with Crippen molar-refractivity contribution in [3.05, 3.63) is 21.0 Å². The van der Waals surface area contributed by atoms with Gasteiger partial charge in [-0.05, 0) is 22.6 Å². The quantitative estimate of drug-likeness (QED) is 0.439. The molecule has 0 radical (unpaired) electrons. The average Bonchev–Trinajstić information content (AvgIpc) is 2.18. The van der Waals surface area contributed by atoms with E-state index in [0.29, 0.717) is 0 Å². The molecule has 0 aromatic carbocycles. The number of pyridine rings is 1. The van der Waals surface area contributed by atoms with Gasteiger partial charge in [-0.25, -0.2) is 8.78 Å². The van der Waals surface area contributed by atoms with Gasteiger partial charge in [0.25, 0.3) is 6.43 Å². The fraction of sp³-hybridized carbons (Fsp3) is 0.375. The molecule has 0 atom stereocenters. The van der Waals surface area contributed by atoms with Crippen LogP contribution >= 0.6 is 34.2 Å². The molecule has 96 valence electrons. The van der Waals surface area contributed by atoms with E-state index in [2.05, 4.69) is 9.72 Å². The second-order valence-corrected chi connectivity index (χ2v) is 4.13. The molecular formula is C8H4ClF5INO. The summed E-state index contributed by atoms with van der Waals surface area (Å²) in [6, 6.07) is 0. The molecule has 0 aliphatic heterocycles. The van der Waals surface area contributed by atoms with Crippen LogP contribution in [0.3, 0.4) is 0 Å². The minimum Gasteiger partial charge on any atom is -0.403 e. The molecule has 1 aromatic rings. The van der Waals surface area contributed by atoms with Crippen LogP contribution < -0.4 is 4.74 Å². The highest BCUT2D eigenvalue weighted by atomic mass is 127. The molecule has 0 saturated heterocycles. The van der Waals surface area contributed by atoms with Gasteiger partial charge >= 0.3 is 6.36 Å². The maximum atomic E-state index is 12.5. The van der Waals surface area contributed by atoms with E-state index in [0.717, 1.165) is 6.20 Å². The number of hydrogen-bond donors (Lipinski definition) is 0. The van der Waals surface area contributed by atoms with Gasteiger partial charge in [-0.3, -0.25) is 4.98 Å². The van der Waals surface area contributed by atoms with Crippen molar-refractivity contribution in [2.24, 2.45) is 0 Å². The minimum atomic E-state index is -4.98. The predicted molar refractivity (Wildman–Crippen MR) is 58.2 cm³/mol. The number of halogens is 7. The molecule has 0 spiro atoms. The van der Waals surface area contributed by atoms with Gasteiger partial charge in [0.1, 0.15) is 0 Å². The van der Waals surface area contributed by atoms with Crippen molar-refractivity contribution >= 4 is 34.2 Å². The Hall–Kier alpha value is -0.380. The van der Waals surface area contributed by atoms with Crippen LogP contribution in [-0.2, 0) is 5.88 Å². The standard InChI is InChI=1S/C8H4ClF5INO/c9-1-4-6(17-8(12,13)14)5(15)3(2-16-4)7(10)11/h2,7H,1H2. The topological polar surface area (TPSA) is 22.1 Å². The van der Waals surface area contributed by atoms with Crippen molar-refractivity contribution < 1.29 is 26.7 Å². The Bertz CT molecular complexity index is 412. The summed E-state index contributed by atoms with van der Waals surface area (Å²) in [5.74, 6) is -1.14. The summed E-state index contributed by atoms with van der Waals surface area (Å²) in [6.07, 6.45) is -7.13. The van der Waals surface area contributed by atoms with Crippen LogP contribution in [0.5, 0.6) is 5.75 Å². The average molecular weight is 387 g/mol. The summed E-state index contributed by atoms with van der Waals surface area (Å²) in [7, 11) is 0. The van der Waals surface area contributed by atoms with E-state index in [-0.39, 0.29) is 15.1 Å². The third-order valence-electron chi connectivity index (χ3n) is 1.65. The molecule has 0 fully saturated rings. The lowest BCUT2D eigenvalue weighted by atomic mass is 10.2. The van der Waals surface area contributed by atoms with Gasteiger partial charge in [-0.2, -0.15) is 0 Å². The zero-order valence-electron chi connectivity index (χ0n) is 7.86. The Morgan fingerprint density at radius 2 is 2.00 bits per heavy atom. The summed E-state index contributed by atoms with van der Waals surface area (Å²) < 4.78 is 64.5. The fourth-order valence-corrected chi connectivity index (χ4v) is 1.97. The molecule has 1 heterocycles. The van der Waals surface area contributed by atoms with Crippen molar-refractivity contribution in [2.45, 2.75) is 18.7 Å². The van der Waals surface area contributed by atoms with Gasteiger partial charge in [0.2, 0.25) is 0 Å². The largest absolute Gasteiger partial charge is 0.573 e. The van der Waals surface area contributed by atoms with Gasteiger partial charge in [0.15, 0.2) is 5.75 Å². The van der Waals surface area contributed by atoms with Crippen molar-refractivity contribution in [1.29, 1.82) is 0 Å². The number of aromatic nitrogens is 1. The minimum absolute atomic E-state index is 0.238. The zero-order chi connectivity index (χ0) is 13.2. The van der Waals surface area contributed by atoms with Crippen molar-refractivity contribution in [2.75, 3.05) is 0 Å². The maximum absolute atomic E-state index is 12.5. The van der Waals surface area contributed by atoms with Crippen LogP contribution in [0.2, 0.25) is 0 Å². The molecule has 17 heavy (non-hydrogen) atoms. The van der Waals surface area contributed by atoms with Crippen LogP contribution in [0.4, 0.5) is 22.0 Å². The van der Waals surface area contributed by atoms with E-state index in [1.165, 1.54) is 22.6 Å². The lowest BCUT2D eigenvalue weighted by Crippen LogP contribution is -2.19. The third kappa shape index (κ3) is 3.80. The molecule has 0 unspecified atom stereocenters. The van der Waals surface area contributed by atoms with Gasteiger partial charge in [-0.1, -0.05) is 0 Å². The molecule has 0 N–H and O–H groups in total. The SMILES string of the molecule is FC(F)c1cnc(CCl)c(OC(F)(F)F)c1I. The smallest absolute Gasteiger partial charge is 0.403 e. The maximum Gasteiger partial charge on any atom is 0.573 e. The first kappa shape index (κ1) is 14.7. The van der Waals surface area contributed by atoms with Gasteiger partial charge < -0.3 is 4.74 Å². The Balaban J connectivity index is 3.28. The van der Waals surface area contributed by atoms with Crippen molar-refractivity contribution in [3.63, 3.8) is 0 Å². The highest BCUT2D eigenvalue weighted by Crippen LogP contribution is 2.36. The molecule has 0 saturated carbocycles. The lowest BCUT2D eigenvalue weighted by molar-refractivity contribution is -0.275. The third-order valence-corrected chi connectivity index (χ3v) is 3.02. The predicted octanol–water partition coefficient (Wildman–Crippen LogP) is 4.26. The van der Waals surface area contributed by atoms with Gasteiger partial charge in [-0.15, -0.1) is 24.8 Å². The Labute approximate surface area is 111 Å². The highest BCUT2D eigenvalue weighted by Gasteiger charge is 2.34. The van der Waals surface area contributed by atoms with E-state index in [9.17, 15) is 22.0 Å².